The van der Waals surface area contributed by atoms with Crippen LogP contribution < -0.4 is 10.1 Å². The lowest BCUT2D eigenvalue weighted by Gasteiger charge is -2.31. The summed E-state index contributed by atoms with van der Waals surface area (Å²) in [7, 11) is 1.82. The Morgan fingerprint density at radius 2 is 1.87 bits per heavy atom. The molecule has 0 bridgehead atoms. The summed E-state index contributed by atoms with van der Waals surface area (Å²) in [6.07, 6.45) is 1.32. The molecule has 2 amide bonds. The molecular weight excluding hydrogens is 394 g/mol. The number of carbonyl (C=O) groups excluding carboxylic acids is 2. The zero-order valence-corrected chi connectivity index (χ0v) is 17.9. The Hall–Kier alpha value is -3.42. The molecule has 1 saturated heterocycles. The minimum absolute atomic E-state index is 0.0270. The van der Waals surface area contributed by atoms with Crippen LogP contribution in [0.5, 0.6) is 5.75 Å². The summed E-state index contributed by atoms with van der Waals surface area (Å²) in [5.41, 5.74) is 3.23. The van der Waals surface area contributed by atoms with E-state index in [2.05, 4.69) is 15.6 Å². The molecule has 2 heterocycles. The Kier molecular flexibility index (Phi) is 6.16. The maximum Gasteiger partial charge on any atom is 0.253 e. The smallest absolute Gasteiger partial charge is 0.253 e. The summed E-state index contributed by atoms with van der Waals surface area (Å²) >= 11 is 0. The fraction of sp³-hybridized carbons (Fsp3) is 0.391. The van der Waals surface area contributed by atoms with Gasteiger partial charge in [0.2, 0.25) is 5.91 Å². The van der Waals surface area contributed by atoms with Crippen LogP contribution in [0.25, 0.3) is 11.0 Å². The Bertz CT molecular complexity index is 1070. The number of hydrogen-bond acceptors (Lipinski definition) is 5. The molecule has 0 unspecified atom stereocenters. The van der Waals surface area contributed by atoms with E-state index in [1.54, 1.807) is 10.7 Å². The predicted octanol–water partition coefficient (Wildman–Crippen LogP) is 2.54. The monoisotopic (exact) mass is 421 g/mol. The van der Waals surface area contributed by atoms with Gasteiger partial charge in [0.15, 0.2) is 0 Å². The van der Waals surface area contributed by atoms with Crippen molar-refractivity contribution in [3.05, 3.63) is 53.6 Å². The number of ether oxygens (including phenoxy) is 1. The van der Waals surface area contributed by atoms with E-state index < -0.39 is 0 Å². The Morgan fingerprint density at radius 1 is 1.13 bits per heavy atom. The highest BCUT2D eigenvalue weighted by Crippen LogP contribution is 2.21. The molecule has 0 spiro atoms. The molecule has 0 aliphatic carbocycles. The molecule has 1 aliphatic rings. The summed E-state index contributed by atoms with van der Waals surface area (Å²) < 4.78 is 7.12. The van der Waals surface area contributed by atoms with E-state index in [9.17, 15) is 9.59 Å². The molecule has 1 aliphatic heterocycles. The number of nitrogens with one attached hydrogen (secondary N) is 1. The van der Waals surface area contributed by atoms with Crippen LogP contribution in [-0.2, 0) is 18.4 Å². The number of hydrogen-bond donors (Lipinski definition) is 1. The average Bonchev–Trinajstić information content (AvgIpc) is 3.18. The number of carbonyl (C=O) groups is 2. The maximum absolute atomic E-state index is 12.9. The SMILES string of the molecule is CCOc1ccc(CNC(=O)C2CCN(C(=O)c3ccc4c(c3)nnn4C)CC2)cc1. The molecule has 0 radical (unpaired) electrons. The van der Waals surface area contributed by atoms with Crippen LogP contribution in [0.4, 0.5) is 0 Å². The van der Waals surface area contributed by atoms with Crippen molar-refractivity contribution < 1.29 is 14.3 Å². The summed E-state index contributed by atoms with van der Waals surface area (Å²) in [4.78, 5) is 27.3. The molecule has 8 heteroatoms. The largest absolute Gasteiger partial charge is 0.494 e. The Balaban J connectivity index is 1.28. The van der Waals surface area contributed by atoms with Crippen LogP contribution in [0, 0.1) is 5.92 Å². The molecule has 4 rings (SSSR count). The highest BCUT2D eigenvalue weighted by Gasteiger charge is 2.28. The molecule has 31 heavy (non-hydrogen) atoms. The van der Waals surface area contributed by atoms with Gasteiger partial charge >= 0.3 is 0 Å². The predicted molar refractivity (Wildman–Crippen MR) is 117 cm³/mol. The second-order valence-corrected chi connectivity index (χ2v) is 7.78. The van der Waals surface area contributed by atoms with Gasteiger partial charge in [-0.2, -0.15) is 0 Å². The van der Waals surface area contributed by atoms with E-state index in [-0.39, 0.29) is 17.7 Å². The van der Waals surface area contributed by atoms with Crippen molar-refractivity contribution in [1.29, 1.82) is 0 Å². The second kappa shape index (κ2) is 9.16. The van der Waals surface area contributed by atoms with Gasteiger partial charge in [-0.25, -0.2) is 4.68 Å². The third kappa shape index (κ3) is 4.68. The van der Waals surface area contributed by atoms with Crippen molar-refractivity contribution in [3.63, 3.8) is 0 Å². The lowest BCUT2D eigenvalue weighted by atomic mass is 9.95. The van der Waals surface area contributed by atoms with Crippen molar-refractivity contribution in [2.24, 2.45) is 13.0 Å². The molecule has 1 fully saturated rings. The van der Waals surface area contributed by atoms with Gasteiger partial charge in [-0.15, -0.1) is 5.10 Å². The summed E-state index contributed by atoms with van der Waals surface area (Å²) in [5, 5.41) is 11.1. The van der Waals surface area contributed by atoms with Crippen LogP contribution in [0.2, 0.25) is 0 Å². The first-order chi connectivity index (χ1) is 15.0. The average molecular weight is 422 g/mol. The van der Waals surface area contributed by atoms with Crippen molar-refractivity contribution >= 4 is 22.8 Å². The summed E-state index contributed by atoms with van der Waals surface area (Å²) in [6, 6.07) is 13.2. The minimum Gasteiger partial charge on any atom is -0.494 e. The Morgan fingerprint density at radius 3 is 2.58 bits per heavy atom. The zero-order valence-electron chi connectivity index (χ0n) is 17.9. The lowest BCUT2D eigenvalue weighted by Crippen LogP contribution is -2.42. The molecule has 162 valence electrons. The van der Waals surface area contributed by atoms with Gasteiger partial charge in [0.1, 0.15) is 11.3 Å². The molecule has 1 N–H and O–H groups in total. The van der Waals surface area contributed by atoms with Crippen LogP contribution in [0.1, 0.15) is 35.7 Å². The number of amides is 2. The number of piperidine rings is 1. The van der Waals surface area contributed by atoms with Crippen molar-refractivity contribution in [3.8, 4) is 5.75 Å². The fourth-order valence-corrected chi connectivity index (χ4v) is 3.90. The van der Waals surface area contributed by atoms with E-state index in [1.165, 1.54) is 0 Å². The van der Waals surface area contributed by atoms with Gasteiger partial charge in [-0.3, -0.25) is 9.59 Å². The number of likely N-dealkylation sites (tertiary alicyclic amines) is 1. The topological polar surface area (TPSA) is 89.3 Å². The number of aromatic nitrogens is 3. The first kappa shape index (κ1) is 20.8. The number of rotatable bonds is 6. The van der Waals surface area contributed by atoms with Gasteiger partial charge in [0.25, 0.3) is 5.91 Å². The van der Waals surface area contributed by atoms with Crippen LogP contribution in [-0.4, -0.2) is 51.4 Å². The first-order valence-corrected chi connectivity index (χ1v) is 10.6. The third-order valence-corrected chi connectivity index (χ3v) is 5.71. The van der Waals surface area contributed by atoms with Gasteiger partial charge in [0, 0.05) is 38.2 Å². The van der Waals surface area contributed by atoms with Gasteiger partial charge < -0.3 is 15.0 Å². The van der Waals surface area contributed by atoms with Gasteiger partial charge in [-0.05, 0) is 55.7 Å². The lowest BCUT2D eigenvalue weighted by molar-refractivity contribution is -0.126. The first-order valence-electron chi connectivity index (χ1n) is 10.6. The van der Waals surface area contributed by atoms with E-state index >= 15 is 0 Å². The maximum atomic E-state index is 12.9. The Labute approximate surface area is 181 Å². The summed E-state index contributed by atoms with van der Waals surface area (Å²) in [5.74, 6) is 0.769. The van der Waals surface area contributed by atoms with Crippen molar-refractivity contribution in [2.75, 3.05) is 19.7 Å². The van der Waals surface area contributed by atoms with Crippen LogP contribution in [0.3, 0.4) is 0 Å². The quantitative estimate of drug-likeness (QED) is 0.661. The fourth-order valence-electron chi connectivity index (χ4n) is 3.90. The molecule has 8 nitrogen and oxygen atoms in total. The molecule has 0 atom stereocenters. The van der Waals surface area contributed by atoms with Crippen LogP contribution >= 0.6 is 0 Å². The van der Waals surface area contributed by atoms with Crippen molar-refractivity contribution in [1.82, 2.24) is 25.2 Å². The normalized spacial score (nSPS) is 14.6. The number of aryl methyl sites for hydroxylation is 1. The number of fused-ring (bicyclic) bond motifs is 1. The van der Waals surface area contributed by atoms with Crippen LogP contribution in [0.15, 0.2) is 42.5 Å². The zero-order chi connectivity index (χ0) is 21.8. The standard InChI is InChI=1S/C23H27N5O3/c1-3-31-19-7-4-16(5-8-19)15-24-22(29)17-10-12-28(13-11-17)23(30)18-6-9-21-20(14-18)25-26-27(21)2/h4-9,14,17H,3,10-13,15H2,1-2H3,(H,24,29). The van der Waals surface area contributed by atoms with E-state index in [0.29, 0.717) is 50.2 Å². The van der Waals surface area contributed by atoms with Gasteiger partial charge in [-0.1, -0.05) is 17.3 Å². The molecule has 3 aromatic rings. The molecule has 2 aromatic carbocycles. The van der Waals surface area contributed by atoms with Crippen molar-refractivity contribution in [2.45, 2.75) is 26.3 Å². The highest BCUT2D eigenvalue weighted by molar-refractivity contribution is 5.97. The number of benzene rings is 2. The third-order valence-electron chi connectivity index (χ3n) is 5.71. The minimum atomic E-state index is -0.0748. The van der Waals surface area contributed by atoms with E-state index in [1.807, 2.05) is 55.3 Å². The number of nitrogens with zero attached hydrogens (tertiary/aromatic N) is 4. The molecular formula is C23H27N5O3. The molecule has 0 saturated carbocycles. The summed E-state index contributed by atoms with van der Waals surface area (Å²) in [6.45, 7) is 4.20. The van der Waals surface area contributed by atoms with Gasteiger partial charge in [0.05, 0.1) is 12.1 Å². The molecule has 1 aromatic heterocycles. The highest BCUT2D eigenvalue weighted by atomic mass is 16.5. The van der Waals surface area contributed by atoms with E-state index in [4.69, 9.17) is 4.74 Å². The van der Waals surface area contributed by atoms with E-state index in [0.717, 1.165) is 16.8 Å². The second-order valence-electron chi connectivity index (χ2n) is 7.78.